The van der Waals surface area contributed by atoms with Crippen LogP contribution in [0.4, 0.5) is 0 Å². The van der Waals surface area contributed by atoms with Crippen LogP contribution < -0.4 is 0 Å². The minimum atomic E-state index is 0.273. The first-order chi connectivity index (χ1) is 15.6. The third kappa shape index (κ3) is 24.3. The third-order valence-electron chi connectivity index (χ3n) is 7.58. The van der Waals surface area contributed by atoms with Crippen molar-refractivity contribution >= 4 is 5.78 Å². The van der Waals surface area contributed by atoms with Gasteiger partial charge < -0.3 is 0 Å². The molecule has 0 aromatic rings. The van der Waals surface area contributed by atoms with Gasteiger partial charge in [-0.25, -0.2) is 0 Å². The molecule has 0 N–H and O–H groups in total. The van der Waals surface area contributed by atoms with Crippen LogP contribution in [-0.2, 0) is 4.79 Å². The number of carbonyl (C=O) groups is 1. The molecule has 1 heteroatoms. The quantitative estimate of drug-likeness (QED) is 0.120. The van der Waals surface area contributed by atoms with E-state index in [1.807, 2.05) is 0 Å². The van der Waals surface area contributed by atoms with E-state index in [1.54, 1.807) is 6.92 Å². The number of hydrogen-bond acceptors (Lipinski definition) is 1. The lowest BCUT2D eigenvalue weighted by molar-refractivity contribution is -0.120. The molecule has 192 valence electrons. The molecule has 0 aromatic heterocycles. The topological polar surface area (TPSA) is 17.1 Å². The molecule has 1 nitrogen and oxygen atoms in total. The first-order valence-corrected chi connectivity index (χ1v) is 15.1. The fourth-order valence-electron chi connectivity index (χ4n) is 4.86. The first kappa shape index (κ1) is 31.7. The molecule has 0 spiro atoms. The summed E-state index contributed by atoms with van der Waals surface area (Å²) in [6, 6.07) is 0. The smallest absolute Gasteiger partial charge is 0.132 e. The molecule has 0 saturated carbocycles. The van der Waals surface area contributed by atoms with Gasteiger partial charge >= 0.3 is 0 Å². The maximum Gasteiger partial charge on any atom is 0.132 e. The van der Waals surface area contributed by atoms with Crippen LogP contribution >= 0.6 is 0 Å². The van der Waals surface area contributed by atoms with E-state index in [1.165, 1.54) is 148 Å². The summed E-state index contributed by atoms with van der Waals surface area (Å²) in [6.45, 7) is 8.56. The van der Waals surface area contributed by atoms with Crippen LogP contribution in [0.5, 0.6) is 0 Å². The first-order valence-electron chi connectivity index (χ1n) is 15.1. The Morgan fingerprint density at radius 2 is 0.750 bits per heavy atom. The SMILES string of the molecule is CCCCCCCCCCCCCCCCCC[C@H](C)CCCCCCC[C@H](C)C(C)=O. The van der Waals surface area contributed by atoms with E-state index >= 15 is 0 Å². The van der Waals surface area contributed by atoms with Gasteiger partial charge in [0.1, 0.15) is 5.78 Å². The van der Waals surface area contributed by atoms with Crippen molar-refractivity contribution in [1.29, 1.82) is 0 Å². The minimum absolute atomic E-state index is 0.273. The normalized spacial score (nSPS) is 13.4. The van der Waals surface area contributed by atoms with E-state index < -0.39 is 0 Å². The monoisotopic (exact) mass is 450 g/mol. The predicted molar refractivity (Wildman–Crippen MR) is 145 cm³/mol. The maximum atomic E-state index is 11.2. The summed E-state index contributed by atoms with van der Waals surface area (Å²) in [5, 5.41) is 0. The molecule has 0 fully saturated rings. The largest absolute Gasteiger partial charge is 0.300 e. The highest BCUT2D eigenvalue weighted by atomic mass is 16.1. The van der Waals surface area contributed by atoms with E-state index in [0.717, 1.165) is 12.3 Å². The van der Waals surface area contributed by atoms with Crippen molar-refractivity contribution in [2.45, 2.75) is 182 Å². The van der Waals surface area contributed by atoms with Gasteiger partial charge in [-0.2, -0.15) is 0 Å². The summed E-state index contributed by atoms with van der Waals surface area (Å²) < 4.78 is 0. The van der Waals surface area contributed by atoms with E-state index in [9.17, 15) is 4.79 Å². The number of ketones is 1. The van der Waals surface area contributed by atoms with Gasteiger partial charge in [0.05, 0.1) is 0 Å². The van der Waals surface area contributed by atoms with Crippen LogP contribution in [0.1, 0.15) is 182 Å². The number of unbranched alkanes of at least 4 members (excludes halogenated alkanes) is 19. The molecule has 0 bridgehead atoms. The maximum absolute atomic E-state index is 11.2. The van der Waals surface area contributed by atoms with Crippen LogP contribution in [0.2, 0.25) is 0 Å². The molecule has 0 aliphatic rings. The Hall–Kier alpha value is -0.330. The van der Waals surface area contributed by atoms with Crippen LogP contribution in [-0.4, -0.2) is 5.78 Å². The van der Waals surface area contributed by atoms with Crippen molar-refractivity contribution in [3.05, 3.63) is 0 Å². The summed E-state index contributed by atoms with van der Waals surface area (Å²) in [5.41, 5.74) is 0. The lowest BCUT2D eigenvalue weighted by Crippen LogP contribution is -2.05. The summed E-state index contributed by atoms with van der Waals surface area (Å²) in [6.07, 6.45) is 34.0. The second kappa shape index (κ2) is 25.3. The molecule has 0 aromatic carbocycles. The Balaban J connectivity index is 3.19. The molecule has 0 heterocycles. The van der Waals surface area contributed by atoms with Crippen LogP contribution in [0.15, 0.2) is 0 Å². The second-order valence-corrected chi connectivity index (χ2v) is 11.1. The van der Waals surface area contributed by atoms with Crippen molar-refractivity contribution in [3.8, 4) is 0 Å². The number of rotatable bonds is 26. The molecule has 0 saturated heterocycles. The Kier molecular flexibility index (Phi) is 25.0. The zero-order valence-corrected chi connectivity index (χ0v) is 23.0. The molecular formula is C31H62O. The van der Waals surface area contributed by atoms with Gasteiger partial charge in [0.15, 0.2) is 0 Å². The molecule has 0 unspecified atom stereocenters. The average Bonchev–Trinajstić information content (AvgIpc) is 2.77. The zero-order valence-electron chi connectivity index (χ0n) is 23.0. The Morgan fingerprint density at radius 3 is 1.06 bits per heavy atom. The van der Waals surface area contributed by atoms with Gasteiger partial charge in [-0.3, -0.25) is 4.79 Å². The second-order valence-electron chi connectivity index (χ2n) is 11.1. The molecule has 0 aliphatic carbocycles. The molecule has 2 atom stereocenters. The zero-order chi connectivity index (χ0) is 23.7. The number of carbonyl (C=O) groups excluding carboxylic acids is 1. The van der Waals surface area contributed by atoms with E-state index in [-0.39, 0.29) is 5.92 Å². The van der Waals surface area contributed by atoms with E-state index in [0.29, 0.717) is 5.78 Å². The van der Waals surface area contributed by atoms with Gasteiger partial charge in [-0.05, 0) is 19.3 Å². The number of hydrogen-bond donors (Lipinski definition) is 0. The molecule has 0 rings (SSSR count). The van der Waals surface area contributed by atoms with Crippen molar-refractivity contribution in [2.24, 2.45) is 11.8 Å². The molecule has 32 heavy (non-hydrogen) atoms. The van der Waals surface area contributed by atoms with Crippen LogP contribution in [0.3, 0.4) is 0 Å². The van der Waals surface area contributed by atoms with Crippen molar-refractivity contribution < 1.29 is 4.79 Å². The van der Waals surface area contributed by atoms with Crippen LogP contribution in [0.25, 0.3) is 0 Å². The summed E-state index contributed by atoms with van der Waals surface area (Å²) in [7, 11) is 0. The highest BCUT2D eigenvalue weighted by Crippen LogP contribution is 2.19. The molecule has 0 aliphatic heterocycles. The van der Waals surface area contributed by atoms with Crippen molar-refractivity contribution in [3.63, 3.8) is 0 Å². The van der Waals surface area contributed by atoms with Crippen molar-refractivity contribution in [2.75, 3.05) is 0 Å². The molecule has 0 amide bonds. The highest BCUT2D eigenvalue weighted by molar-refractivity contribution is 5.77. The van der Waals surface area contributed by atoms with E-state index in [4.69, 9.17) is 0 Å². The summed E-state index contributed by atoms with van der Waals surface area (Å²) in [4.78, 5) is 11.2. The summed E-state index contributed by atoms with van der Waals surface area (Å²) in [5.74, 6) is 1.54. The minimum Gasteiger partial charge on any atom is -0.300 e. The Labute approximate surface area is 204 Å². The van der Waals surface area contributed by atoms with Gasteiger partial charge in [-0.1, -0.05) is 168 Å². The van der Waals surface area contributed by atoms with Gasteiger partial charge in [-0.15, -0.1) is 0 Å². The molecular weight excluding hydrogens is 388 g/mol. The summed E-state index contributed by atoms with van der Waals surface area (Å²) >= 11 is 0. The standard InChI is InChI=1S/C31H62O/c1-5-6-7-8-9-10-11-12-13-14-15-16-17-18-20-23-26-29(2)27-24-21-19-22-25-28-30(3)31(4)32/h29-30H,5-28H2,1-4H3/t29-,30-/m0/s1. The Bertz CT molecular complexity index is 375. The third-order valence-corrected chi connectivity index (χ3v) is 7.58. The fraction of sp³-hybridized carbons (Fsp3) is 0.968. The van der Waals surface area contributed by atoms with Crippen LogP contribution in [0, 0.1) is 11.8 Å². The molecule has 0 radical (unpaired) electrons. The fourth-order valence-corrected chi connectivity index (χ4v) is 4.86. The Morgan fingerprint density at radius 1 is 0.469 bits per heavy atom. The predicted octanol–water partition coefficient (Wildman–Crippen LogP) is 11.2. The van der Waals surface area contributed by atoms with Gasteiger partial charge in [0.25, 0.3) is 0 Å². The van der Waals surface area contributed by atoms with Gasteiger partial charge in [0, 0.05) is 5.92 Å². The lowest BCUT2D eigenvalue weighted by Gasteiger charge is -2.11. The number of Topliss-reactive ketones (excluding diaryl/α,β-unsaturated/α-hetero) is 1. The highest BCUT2D eigenvalue weighted by Gasteiger charge is 2.06. The van der Waals surface area contributed by atoms with E-state index in [2.05, 4.69) is 20.8 Å². The lowest BCUT2D eigenvalue weighted by atomic mass is 9.95. The van der Waals surface area contributed by atoms with Gasteiger partial charge in [0.2, 0.25) is 0 Å². The average molecular weight is 451 g/mol. The van der Waals surface area contributed by atoms with Crippen molar-refractivity contribution in [1.82, 2.24) is 0 Å².